The maximum absolute atomic E-state index is 12.3. The summed E-state index contributed by atoms with van der Waals surface area (Å²) in [6.07, 6.45) is 6.90. The van der Waals surface area contributed by atoms with Crippen molar-refractivity contribution in [2.75, 3.05) is 5.32 Å². The molecule has 0 spiro atoms. The van der Waals surface area contributed by atoms with Crippen LogP contribution >= 0.6 is 11.3 Å². The summed E-state index contributed by atoms with van der Waals surface area (Å²) in [6, 6.07) is 7.92. The molecule has 1 fully saturated rings. The lowest BCUT2D eigenvalue weighted by Gasteiger charge is -2.21. The molecule has 1 N–H and O–H groups in total. The van der Waals surface area contributed by atoms with Crippen LogP contribution in [0.15, 0.2) is 29.6 Å². The number of aryl methyl sites for hydroxylation is 1. The predicted molar refractivity (Wildman–Crippen MR) is 92.1 cm³/mol. The van der Waals surface area contributed by atoms with Crippen molar-refractivity contribution in [1.82, 2.24) is 4.98 Å². The van der Waals surface area contributed by atoms with Crippen LogP contribution in [-0.4, -0.2) is 10.9 Å². The summed E-state index contributed by atoms with van der Waals surface area (Å²) in [5.74, 6) is 0.689. The van der Waals surface area contributed by atoms with E-state index in [1.807, 2.05) is 36.6 Å². The summed E-state index contributed by atoms with van der Waals surface area (Å²) in [7, 11) is 0. The molecule has 1 aromatic carbocycles. The van der Waals surface area contributed by atoms with Crippen molar-refractivity contribution in [1.29, 1.82) is 0 Å². The number of carbonyl (C=O) groups is 1. The third-order valence-electron chi connectivity index (χ3n) is 4.29. The van der Waals surface area contributed by atoms with Crippen molar-refractivity contribution >= 4 is 22.9 Å². The lowest BCUT2D eigenvalue weighted by Crippen LogP contribution is -2.18. The van der Waals surface area contributed by atoms with Gasteiger partial charge in [0, 0.05) is 17.4 Å². The van der Waals surface area contributed by atoms with Gasteiger partial charge in [0.15, 0.2) is 0 Å². The summed E-state index contributed by atoms with van der Waals surface area (Å²) in [5.41, 5.74) is 2.81. The molecule has 0 aliphatic heterocycles. The van der Waals surface area contributed by atoms with Gasteiger partial charge in [-0.15, -0.1) is 11.3 Å². The number of hydrogen-bond acceptors (Lipinski definition) is 3. The molecule has 3 rings (SSSR count). The van der Waals surface area contributed by atoms with E-state index in [2.05, 4.69) is 10.3 Å². The van der Waals surface area contributed by atoms with Crippen molar-refractivity contribution in [3.05, 3.63) is 34.7 Å². The first-order valence-corrected chi connectivity index (χ1v) is 8.92. The van der Waals surface area contributed by atoms with Gasteiger partial charge in [-0.05, 0) is 31.7 Å². The van der Waals surface area contributed by atoms with Crippen LogP contribution in [0.4, 0.5) is 5.69 Å². The molecule has 116 valence electrons. The molecule has 4 heteroatoms. The average molecular weight is 314 g/mol. The van der Waals surface area contributed by atoms with Gasteiger partial charge in [0.05, 0.1) is 16.4 Å². The molecular weight excluding hydrogens is 292 g/mol. The van der Waals surface area contributed by atoms with Gasteiger partial charge in [0.1, 0.15) is 0 Å². The van der Waals surface area contributed by atoms with Gasteiger partial charge >= 0.3 is 0 Å². The van der Waals surface area contributed by atoms with Crippen molar-refractivity contribution < 1.29 is 4.79 Å². The smallest absolute Gasteiger partial charge is 0.224 e. The molecule has 0 unspecified atom stereocenters. The number of thiazole rings is 1. The Hall–Kier alpha value is -1.68. The Labute approximate surface area is 135 Å². The van der Waals surface area contributed by atoms with Crippen LogP contribution in [0.25, 0.3) is 11.3 Å². The summed E-state index contributed by atoms with van der Waals surface area (Å²) in [4.78, 5) is 16.9. The van der Waals surface area contributed by atoms with Crippen LogP contribution < -0.4 is 5.32 Å². The number of anilines is 1. The fourth-order valence-electron chi connectivity index (χ4n) is 3.16. The van der Waals surface area contributed by atoms with Crippen LogP contribution in [0.1, 0.15) is 43.5 Å². The number of rotatable bonds is 4. The number of benzene rings is 1. The van der Waals surface area contributed by atoms with Gasteiger partial charge in [-0.2, -0.15) is 0 Å². The van der Waals surface area contributed by atoms with E-state index in [1.165, 1.54) is 32.1 Å². The lowest BCUT2D eigenvalue weighted by molar-refractivity contribution is -0.117. The third-order valence-corrected chi connectivity index (χ3v) is 5.07. The molecule has 1 heterocycles. The number of para-hydroxylation sites is 1. The van der Waals surface area contributed by atoms with Crippen LogP contribution in [0.2, 0.25) is 0 Å². The van der Waals surface area contributed by atoms with Gasteiger partial charge in [0.2, 0.25) is 5.91 Å². The first-order chi connectivity index (χ1) is 10.7. The Kier molecular flexibility index (Phi) is 4.88. The topological polar surface area (TPSA) is 42.0 Å². The molecule has 1 aliphatic carbocycles. The number of amides is 1. The Morgan fingerprint density at radius 1 is 1.27 bits per heavy atom. The minimum Gasteiger partial charge on any atom is -0.325 e. The van der Waals surface area contributed by atoms with Crippen molar-refractivity contribution in [2.24, 2.45) is 5.92 Å². The molecule has 0 atom stereocenters. The number of aromatic nitrogens is 1. The molecule has 1 saturated carbocycles. The second kappa shape index (κ2) is 7.05. The normalized spacial score (nSPS) is 15.7. The Balaban J connectivity index is 1.70. The molecule has 1 aromatic heterocycles. The Bertz CT molecular complexity index is 644. The molecule has 2 aromatic rings. The number of carbonyl (C=O) groups excluding carboxylic acids is 1. The Morgan fingerprint density at radius 3 is 2.77 bits per heavy atom. The molecule has 1 amide bonds. The SMILES string of the molecule is Cc1nc(-c2ccccc2NC(=O)CC2CCCCC2)cs1. The predicted octanol–water partition coefficient (Wildman–Crippen LogP) is 5.03. The van der Waals surface area contributed by atoms with E-state index < -0.39 is 0 Å². The van der Waals surface area contributed by atoms with Gasteiger partial charge in [-0.3, -0.25) is 4.79 Å². The van der Waals surface area contributed by atoms with E-state index in [0.29, 0.717) is 12.3 Å². The molecule has 0 saturated heterocycles. The van der Waals surface area contributed by atoms with E-state index in [1.54, 1.807) is 11.3 Å². The van der Waals surface area contributed by atoms with Crippen molar-refractivity contribution in [3.8, 4) is 11.3 Å². The van der Waals surface area contributed by atoms with Crippen LogP contribution in [0.5, 0.6) is 0 Å². The monoisotopic (exact) mass is 314 g/mol. The summed E-state index contributed by atoms with van der Waals surface area (Å²) >= 11 is 1.63. The zero-order valence-electron chi connectivity index (χ0n) is 13.0. The first kappa shape index (κ1) is 15.2. The van der Waals surface area contributed by atoms with Crippen molar-refractivity contribution in [2.45, 2.75) is 45.4 Å². The zero-order valence-corrected chi connectivity index (χ0v) is 13.8. The maximum atomic E-state index is 12.3. The maximum Gasteiger partial charge on any atom is 0.224 e. The highest BCUT2D eigenvalue weighted by Gasteiger charge is 2.18. The summed E-state index contributed by atoms with van der Waals surface area (Å²) in [6.45, 7) is 2.00. The second-order valence-corrected chi connectivity index (χ2v) is 7.12. The van der Waals surface area contributed by atoms with E-state index in [0.717, 1.165) is 22.0 Å². The third kappa shape index (κ3) is 3.74. The largest absolute Gasteiger partial charge is 0.325 e. The number of hydrogen-bond donors (Lipinski definition) is 1. The van der Waals surface area contributed by atoms with Gasteiger partial charge in [-0.25, -0.2) is 4.98 Å². The molecule has 1 aliphatic rings. The highest BCUT2D eigenvalue weighted by molar-refractivity contribution is 7.09. The lowest BCUT2D eigenvalue weighted by atomic mass is 9.87. The van der Waals surface area contributed by atoms with Gasteiger partial charge in [-0.1, -0.05) is 37.5 Å². The Morgan fingerprint density at radius 2 is 2.05 bits per heavy atom. The van der Waals surface area contributed by atoms with E-state index in [-0.39, 0.29) is 5.91 Å². The minimum absolute atomic E-state index is 0.131. The standard InChI is InChI=1S/C18H22N2OS/c1-13-19-17(12-22-13)15-9-5-6-10-16(15)20-18(21)11-14-7-3-2-4-8-14/h5-6,9-10,12,14H,2-4,7-8,11H2,1H3,(H,20,21). The fraction of sp³-hybridized carbons (Fsp3) is 0.444. The number of nitrogens with one attached hydrogen (secondary N) is 1. The highest BCUT2D eigenvalue weighted by Crippen LogP contribution is 2.30. The van der Waals surface area contributed by atoms with Crippen LogP contribution in [0.3, 0.4) is 0 Å². The molecular formula is C18H22N2OS. The molecule has 0 bridgehead atoms. The fourth-order valence-corrected chi connectivity index (χ4v) is 3.77. The van der Waals surface area contributed by atoms with Crippen LogP contribution in [-0.2, 0) is 4.79 Å². The van der Waals surface area contributed by atoms with Crippen molar-refractivity contribution in [3.63, 3.8) is 0 Å². The highest BCUT2D eigenvalue weighted by atomic mass is 32.1. The first-order valence-electron chi connectivity index (χ1n) is 8.04. The minimum atomic E-state index is 0.131. The van der Waals surface area contributed by atoms with E-state index in [9.17, 15) is 4.79 Å². The number of nitrogens with zero attached hydrogens (tertiary/aromatic N) is 1. The molecule has 0 radical (unpaired) electrons. The average Bonchev–Trinajstić information content (AvgIpc) is 2.95. The second-order valence-electron chi connectivity index (χ2n) is 6.05. The summed E-state index contributed by atoms with van der Waals surface area (Å²) < 4.78 is 0. The molecule has 22 heavy (non-hydrogen) atoms. The van der Waals surface area contributed by atoms with Gasteiger partial charge < -0.3 is 5.32 Å². The van der Waals surface area contributed by atoms with E-state index in [4.69, 9.17) is 0 Å². The van der Waals surface area contributed by atoms with Gasteiger partial charge in [0.25, 0.3) is 0 Å². The van der Waals surface area contributed by atoms with E-state index >= 15 is 0 Å². The van der Waals surface area contributed by atoms with Crippen LogP contribution in [0, 0.1) is 12.8 Å². The summed E-state index contributed by atoms with van der Waals surface area (Å²) in [5, 5.41) is 6.17. The zero-order chi connectivity index (χ0) is 15.4. The quantitative estimate of drug-likeness (QED) is 0.860. The molecule has 3 nitrogen and oxygen atoms in total.